The number of nitrogens with zero attached hydrogens (tertiary/aromatic N) is 2. The molecule has 1 aliphatic heterocycles. The molecule has 0 spiro atoms. The monoisotopic (exact) mass is 457 g/mol. The van der Waals surface area contributed by atoms with Crippen LogP contribution >= 0.6 is 11.8 Å². The van der Waals surface area contributed by atoms with Crippen molar-refractivity contribution in [3.05, 3.63) is 59.4 Å². The van der Waals surface area contributed by atoms with Crippen molar-refractivity contribution in [1.82, 2.24) is 9.88 Å². The predicted octanol–water partition coefficient (Wildman–Crippen LogP) is 2.08. The number of pyridine rings is 1. The van der Waals surface area contributed by atoms with Gasteiger partial charge in [-0.25, -0.2) is 14.6 Å². The van der Waals surface area contributed by atoms with Gasteiger partial charge in [-0.15, -0.1) is 0 Å². The minimum atomic E-state index is -0.596. The summed E-state index contributed by atoms with van der Waals surface area (Å²) in [6.07, 6.45) is 1.55. The highest BCUT2D eigenvalue weighted by Gasteiger charge is 2.34. The molecule has 0 fully saturated rings. The first-order valence-corrected chi connectivity index (χ1v) is 10.7. The highest BCUT2D eigenvalue weighted by molar-refractivity contribution is 7.99. The van der Waals surface area contributed by atoms with Gasteiger partial charge in [-0.05, 0) is 43.3 Å². The molecule has 10 heteroatoms. The van der Waals surface area contributed by atoms with E-state index in [9.17, 15) is 14.4 Å². The Labute approximate surface area is 189 Å². The topological polar surface area (TPSA) is 118 Å². The number of benzene rings is 1. The van der Waals surface area contributed by atoms with Gasteiger partial charge in [0.25, 0.3) is 5.91 Å². The molecule has 9 nitrogen and oxygen atoms in total. The Morgan fingerprint density at radius 2 is 1.97 bits per heavy atom. The lowest BCUT2D eigenvalue weighted by molar-refractivity contribution is -0.136. The van der Waals surface area contributed by atoms with E-state index in [-0.39, 0.29) is 36.9 Å². The standard InChI is InChI=1S/C22H23N3O6S/c1-3-31-21(28)14-8-9-23-18(12-14)32-16-6-4-15(5-7-16)24-19-17(22(29)30-2)13-25(10-11-26)20(19)27/h4-9,12,24,26H,3,10-11,13H2,1-2H3. The maximum absolute atomic E-state index is 12.6. The van der Waals surface area contributed by atoms with Crippen molar-refractivity contribution < 1.29 is 29.0 Å². The fraction of sp³-hybridized carbons (Fsp3) is 0.273. The molecule has 0 atom stereocenters. The minimum absolute atomic E-state index is 0.0742. The normalized spacial score (nSPS) is 13.3. The Balaban J connectivity index is 1.73. The molecular formula is C22H23N3O6S. The van der Waals surface area contributed by atoms with E-state index < -0.39 is 11.9 Å². The van der Waals surface area contributed by atoms with Gasteiger partial charge in [0.15, 0.2) is 0 Å². The van der Waals surface area contributed by atoms with E-state index in [0.717, 1.165) is 4.90 Å². The summed E-state index contributed by atoms with van der Waals surface area (Å²) in [7, 11) is 1.25. The average Bonchev–Trinajstić information content (AvgIpc) is 3.10. The van der Waals surface area contributed by atoms with Crippen LogP contribution in [-0.4, -0.2) is 66.2 Å². The number of esters is 2. The third-order valence-corrected chi connectivity index (χ3v) is 5.49. The predicted molar refractivity (Wildman–Crippen MR) is 117 cm³/mol. The molecule has 1 aromatic carbocycles. The Morgan fingerprint density at radius 1 is 1.22 bits per heavy atom. The highest BCUT2D eigenvalue weighted by atomic mass is 32.2. The van der Waals surface area contributed by atoms with Gasteiger partial charge in [0, 0.05) is 23.3 Å². The first kappa shape index (κ1) is 23.3. The van der Waals surface area contributed by atoms with Gasteiger partial charge in [-0.3, -0.25) is 4.79 Å². The number of methoxy groups -OCH3 is 1. The number of aliphatic hydroxyl groups is 1. The molecule has 2 N–H and O–H groups in total. The van der Waals surface area contributed by atoms with Gasteiger partial charge in [0.2, 0.25) is 0 Å². The number of amides is 1. The quantitative estimate of drug-likeness (QED) is 0.546. The molecule has 2 heterocycles. The van der Waals surface area contributed by atoms with Crippen LogP contribution in [0.25, 0.3) is 0 Å². The van der Waals surface area contributed by atoms with Crippen LogP contribution in [0, 0.1) is 0 Å². The third kappa shape index (κ3) is 5.45. The molecule has 1 aliphatic rings. The number of nitrogens with one attached hydrogen (secondary N) is 1. The van der Waals surface area contributed by atoms with Crippen molar-refractivity contribution in [3.8, 4) is 0 Å². The van der Waals surface area contributed by atoms with Crippen LogP contribution in [-0.2, 0) is 19.1 Å². The number of carbonyl (C=O) groups is 3. The number of rotatable bonds is 9. The number of hydrogen-bond donors (Lipinski definition) is 2. The van der Waals surface area contributed by atoms with Gasteiger partial charge in [-0.1, -0.05) is 11.8 Å². The lowest BCUT2D eigenvalue weighted by Gasteiger charge is -2.15. The van der Waals surface area contributed by atoms with Crippen LogP contribution in [0.1, 0.15) is 17.3 Å². The van der Waals surface area contributed by atoms with Gasteiger partial charge in [0.05, 0.1) is 38.0 Å². The van der Waals surface area contributed by atoms with Crippen LogP contribution in [0.15, 0.2) is 63.8 Å². The second kappa shape index (κ2) is 10.8. The second-order valence-electron chi connectivity index (χ2n) is 6.65. The molecule has 3 rings (SSSR count). The highest BCUT2D eigenvalue weighted by Crippen LogP contribution is 2.29. The van der Waals surface area contributed by atoms with Crippen molar-refractivity contribution in [3.63, 3.8) is 0 Å². The molecule has 168 valence electrons. The minimum Gasteiger partial charge on any atom is -0.466 e. The molecular weight excluding hydrogens is 434 g/mol. The van der Waals surface area contributed by atoms with Crippen molar-refractivity contribution in [1.29, 1.82) is 0 Å². The summed E-state index contributed by atoms with van der Waals surface area (Å²) in [5.74, 6) is -1.37. The Hall–Kier alpha value is -3.37. The first-order chi connectivity index (χ1) is 15.5. The number of aromatic nitrogens is 1. The Morgan fingerprint density at radius 3 is 2.62 bits per heavy atom. The van der Waals surface area contributed by atoms with Crippen LogP contribution in [0.2, 0.25) is 0 Å². The van der Waals surface area contributed by atoms with Crippen LogP contribution in [0.3, 0.4) is 0 Å². The lowest BCUT2D eigenvalue weighted by atomic mass is 10.2. The number of carbonyl (C=O) groups excluding carboxylic acids is 3. The number of anilines is 1. The van der Waals surface area contributed by atoms with E-state index >= 15 is 0 Å². The van der Waals surface area contributed by atoms with E-state index in [1.165, 1.54) is 23.8 Å². The van der Waals surface area contributed by atoms with E-state index in [2.05, 4.69) is 10.3 Å². The van der Waals surface area contributed by atoms with E-state index in [1.807, 2.05) is 12.1 Å². The summed E-state index contributed by atoms with van der Waals surface area (Å²) < 4.78 is 9.79. The van der Waals surface area contributed by atoms with Crippen LogP contribution < -0.4 is 5.32 Å². The van der Waals surface area contributed by atoms with E-state index in [0.29, 0.717) is 22.9 Å². The summed E-state index contributed by atoms with van der Waals surface area (Å²) in [6, 6.07) is 10.4. The molecule has 0 radical (unpaired) electrons. The molecule has 0 saturated carbocycles. The van der Waals surface area contributed by atoms with Gasteiger partial charge < -0.3 is 24.8 Å². The summed E-state index contributed by atoms with van der Waals surface area (Å²) in [4.78, 5) is 43.1. The lowest BCUT2D eigenvalue weighted by Crippen LogP contribution is -2.31. The van der Waals surface area contributed by atoms with Crippen molar-refractivity contribution in [2.45, 2.75) is 16.8 Å². The summed E-state index contributed by atoms with van der Waals surface area (Å²) in [6.45, 7) is 2.04. The summed E-state index contributed by atoms with van der Waals surface area (Å²) >= 11 is 1.37. The number of aliphatic hydroxyl groups excluding tert-OH is 1. The van der Waals surface area contributed by atoms with E-state index in [4.69, 9.17) is 14.6 Å². The maximum atomic E-state index is 12.6. The second-order valence-corrected chi connectivity index (χ2v) is 7.74. The molecule has 1 aromatic heterocycles. The smallest absolute Gasteiger partial charge is 0.338 e. The SMILES string of the molecule is CCOC(=O)c1ccnc(Sc2ccc(NC3=C(C(=O)OC)CN(CCO)C3=O)cc2)c1. The molecule has 0 saturated heterocycles. The average molecular weight is 458 g/mol. The molecule has 2 aromatic rings. The molecule has 0 aliphatic carbocycles. The summed E-state index contributed by atoms with van der Waals surface area (Å²) in [5.41, 5.74) is 1.38. The third-order valence-electron chi connectivity index (χ3n) is 4.55. The zero-order valence-corrected chi connectivity index (χ0v) is 18.5. The summed E-state index contributed by atoms with van der Waals surface area (Å²) in [5, 5.41) is 12.8. The maximum Gasteiger partial charge on any atom is 0.338 e. The molecule has 0 bridgehead atoms. The Kier molecular flexibility index (Phi) is 7.85. The van der Waals surface area contributed by atoms with Gasteiger partial charge in [-0.2, -0.15) is 0 Å². The van der Waals surface area contributed by atoms with Crippen molar-refractivity contribution >= 4 is 35.3 Å². The van der Waals surface area contributed by atoms with Crippen molar-refractivity contribution in [2.75, 3.05) is 38.7 Å². The first-order valence-electron chi connectivity index (χ1n) is 9.86. The number of β-amino-alcohol motifs (C(OH)–C–C–N with tert-alkyl or cyclic N) is 1. The van der Waals surface area contributed by atoms with Crippen LogP contribution in [0.5, 0.6) is 0 Å². The number of hydrogen-bond acceptors (Lipinski definition) is 9. The zero-order valence-electron chi connectivity index (χ0n) is 17.7. The number of ether oxygens (including phenoxy) is 2. The van der Waals surface area contributed by atoms with E-state index in [1.54, 1.807) is 37.4 Å². The fourth-order valence-corrected chi connectivity index (χ4v) is 3.84. The largest absolute Gasteiger partial charge is 0.466 e. The molecule has 32 heavy (non-hydrogen) atoms. The van der Waals surface area contributed by atoms with Crippen molar-refractivity contribution in [2.24, 2.45) is 0 Å². The molecule has 0 unspecified atom stereocenters. The van der Waals surface area contributed by atoms with Crippen LogP contribution in [0.4, 0.5) is 5.69 Å². The van der Waals surface area contributed by atoms with Gasteiger partial charge in [0.1, 0.15) is 10.7 Å². The zero-order chi connectivity index (χ0) is 23.1. The fourth-order valence-electron chi connectivity index (χ4n) is 3.03. The molecule has 1 amide bonds. The van der Waals surface area contributed by atoms with Gasteiger partial charge >= 0.3 is 11.9 Å². The Bertz CT molecular complexity index is 1040.